The van der Waals surface area contributed by atoms with Crippen LogP contribution in [0.3, 0.4) is 0 Å². The smallest absolute Gasteiger partial charge is 0.220 e. The number of carbonyl (C=O) groups excluding carboxylic acids is 1. The van der Waals surface area contributed by atoms with E-state index >= 15 is 0 Å². The number of benzene rings is 1. The Morgan fingerprint density at radius 3 is 2.75 bits per heavy atom. The van der Waals surface area contributed by atoms with E-state index in [4.69, 9.17) is 0 Å². The topological polar surface area (TPSA) is 32.3 Å². The van der Waals surface area contributed by atoms with Crippen LogP contribution in [0.5, 0.6) is 0 Å². The zero-order valence-electron chi connectivity index (χ0n) is 15.1. The normalized spacial score (nSPS) is 36.5. The van der Waals surface area contributed by atoms with Crippen molar-refractivity contribution in [2.75, 3.05) is 27.2 Å². The fourth-order valence-corrected chi connectivity index (χ4v) is 6.28. The molecule has 4 atom stereocenters. The molecule has 1 aromatic carbocycles. The second-order valence-electron chi connectivity index (χ2n) is 8.93. The van der Waals surface area contributed by atoms with E-state index in [9.17, 15) is 4.79 Å². The number of amides is 1. The van der Waals surface area contributed by atoms with E-state index in [1.807, 2.05) is 14.1 Å². The summed E-state index contributed by atoms with van der Waals surface area (Å²) >= 11 is 0. The lowest BCUT2D eigenvalue weighted by molar-refractivity contribution is -0.124. The maximum absolute atomic E-state index is 12.6. The first-order chi connectivity index (χ1) is 11.5. The molecule has 0 aliphatic heterocycles. The van der Waals surface area contributed by atoms with E-state index in [2.05, 4.69) is 40.5 Å². The van der Waals surface area contributed by atoms with Gasteiger partial charge in [-0.05, 0) is 74.4 Å². The average molecular weight is 326 g/mol. The molecule has 4 fully saturated rings. The van der Waals surface area contributed by atoms with E-state index < -0.39 is 0 Å². The first kappa shape index (κ1) is 16.1. The number of hydrogen-bond acceptors (Lipinski definition) is 2. The van der Waals surface area contributed by atoms with Crippen molar-refractivity contribution >= 4 is 5.91 Å². The molecule has 1 amide bonds. The van der Waals surface area contributed by atoms with Crippen LogP contribution in [-0.2, 0) is 10.2 Å². The fourth-order valence-electron chi connectivity index (χ4n) is 6.28. The molecule has 4 aliphatic carbocycles. The van der Waals surface area contributed by atoms with Gasteiger partial charge in [0.2, 0.25) is 5.91 Å². The van der Waals surface area contributed by atoms with Crippen LogP contribution in [0.15, 0.2) is 30.3 Å². The van der Waals surface area contributed by atoms with Gasteiger partial charge in [0.1, 0.15) is 0 Å². The van der Waals surface area contributed by atoms with Gasteiger partial charge in [-0.2, -0.15) is 0 Å². The van der Waals surface area contributed by atoms with Gasteiger partial charge in [-0.3, -0.25) is 4.79 Å². The van der Waals surface area contributed by atoms with Gasteiger partial charge in [0.05, 0.1) is 0 Å². The Morgan fingerprint density at radius 1 is 1.21 bits per heavy atom. The molecule has 1 N–H and O–H groups in total. The van der Waals surface area contributed by atoms with Crippen LogP contribution in [0.4, 0.5) is 0 Å². The third kappa shape index (κ3) is 2.67. The largest absolute Gasteiger partial charge is 0.355 e. The molecule has 0 saturated heterocycles. The van der Waals surface area contributed by atoms with Crippen molar-refractivity contribution in [3.8, 4) is 0 Å². The van der Waals surface area contributed by atoms with Gasteiger partial charge in [0.15, 0.2) is 0 Å². The molecule has 0 radical (unpaired) electrons. The van der Waals surface area contributed by atoms with Gasteiger partial charge in [0, 0.05) is 19.5 Å². The van der Waals surface area contributed by atoms with Crippen molar-refractivity contribution < 1.29 is 4.79 Å². The molecule has 1 aromatic rings. The maximum atomic E-state index is 12.6. The fraction of sp³-hybridized carbons (Fsp3) is 0.667. The zero-order chi connectivity index (χ0) is 16.8. The van der Waals surface area contributed by atoms with Crippen LogP contribution >= 0.6 is 0 Å². The Kier molecular flexibility index (Phi) is 3.95. The molecule has 3 nitrogen and oxygen atoms in total. The molecule has 0 aromatic heterocycles. The van der Waals surface area contributed by atoms with Crippen LogP contribution in [-0.4, -0.2) is 38.0 Å². The monoisotopic (exact) mass is 326 g/mol. The minimum atomic E-state index is 0.272. The zero-order valence-corrected chi connectivity index (χ0v) is 15.1. The van der Waals surface area contributed by atoms with Gasteiger partial charge in [-0.25, -0.2) is 0 Å². The number of nitrogens with zero attached hydrogens (tertiary/aromatic N) is 1. The van der Waals surface area contributed by atoms with Gasteiger partial charge in [-0.15, -0.1) is 0 Å². The van der Waals surface area contributed by atoms with Gasteiger partial charge >= 0.3 is 0 Å². The standard InChI is InChI=1S/C21H30N2O/c1-23(2)9-8-22-19(24)14-21-12-16-10-18(21)13-20(11-16,15-21)17-6-4-3-5-7-17/h3-7,16,18H,8-15H2,1-2H3,(H,22,24). The molecule has 5 rings (SSSR count). The van der Waals surface area contributed by atoms with Crippen LogP contribution in [0.2, 0.25) is 0 Å². The summed E-state index contributed by atoms with van der Waals surface area (Å²) in [6, 6.07) is 11.1. The Bertz CT molecular complexity index is 614. The van der Waals surface area contributed by atoms with Crippen LogP contribution in [0.25, 0.3) is 0 Å². The molecular formula is C21H30N2O. The molecule has 130 valence electrons. The maximum Gasteiger partial charge on any atom is 0.220 e. The lowest BCUT2D eigenvalue weighted by Crippen LogP contribution is -2.38. The average Bonchev–Trinajstić information content (AvgIpc) is 2.90. The molecule has 4 saturated carbocycles. The highest BCUT2D eigenvalue weighted by Crippen LogP contribution is 2.71. The van der Waals surface area contributed by atoms with Crippen molar-refractivity contribution in [2.45, 2.75) is 43.9 Å². The number of likely N-dealkylation sites (N-methyl/N-ethyl adjacent to an activating group) is 1. The van der Waals surface area contributed by atoms with Gasteiger partial charge in [0.25, 0.3) is 0 Å². The van der Waals surface area contributed by atoms with E-state index in [1.54, 1.807) is 0 Å². The molecule has 0 spiro atoms. The highest BCUT2D eigenvalue weighted by atomic mass is 16.1. The van der Waals surface area contributed by atoms with Crippen molar-refractivity contribution in [1.29, 1.82) is 0 Å². The summed E-state index contributed by atoms with van der Waals surface area (Å²) < 4.78 is 0. The summed E-state index contributed by atoms with van der Waals surface area (Å²) in [5.41, 5.74) is 2.16. The van der Waals surface area contributed by atoms with Crippen molar-refractivity contribution in [3.05, 3.63) is 35.9 Å². The van der Waals surface area contributed by atoms with Crippen molar-refractivity contribution in [1.82, 2.24) is 10.2 Å². The molecule has 0 heterocycles. The molecular weight excluding hydrogens is 296 g/mol. The minimum absolute atomic E-state index is 0.272. The summed E-state index contributed by atoms with van der Waals surface area (Å²) in [6.07, 6.45) is 7.27. The van der Waals surface area contributed by atoms with E-state index in [-0.39, 0.29) is 11.3 Å². The summed E-state index contributed by atoms with van der Waals surface area (Å²) in [5.74, 6) is 1.87. The van der Waals surface area contributed by atoms with Crippen LogP contribution in [0.1, 0.15) is 44.1 Å². The predicted molar refractivity (Wildman–Crippen MR) is 96.8 cm³/mol. The summed E-state index contributed by atoms with van der Waals surface area (Å²) in [7, 11) is 4.10. The van der Waals surface area contributed by atoms with Crippen molar-refractivity contribution in [3.63, 3.8) is 0 Å². The van der Waals surface area contributed by atoms with E-state index in [0.717, 1.165) is 31.3 Å². The van der Waals surface area contributed by atoms with Crippen LogP contribution in [0, 0.1) is 17.3 Å². The van der Waals surface area contributed by atoms with Crippen LogP contribution < -0.4 is 5.32 Å². The van der Waals surface area contributed by atoms with E-state index in [1.165, 1.54) is 37.7 Å². The molecule has 3 heteroatoms. The Labute approximate surface area is 145 Å². The van der Waals surface area contributed by atoms with Gasteiger partial charge in [-0.1, -0.05) is 30.3 Å². The first-order valence-corrected chi connectivity index (χ1v) is 9.48. The molecule has 4 aliphatic rings. The molecule has 4 bridgehead atoms. The van der Waals surface area contributed by atoms with E-state index in [0.29, 0.717) is 5.41 Å². The van der Waals surface area contributed by atoms with Crippen molar-refractivity contribution in [2.24, 2.45) is 17.3 Å². The lowest BCUT2D eigenvalue weighted by Gasteiger charge is -2.41. The third-order valence-corrected chi connectivity index (χ3v) is 6.97. The third-order valence-electron chi connectivity index (χ3n) is 6.97. The predicted octanol–water partition coefficient (Wildman–Crippen LogP) is 3.20. The summed E-state index contributed by atoms with van der Waals surface area (Å²) in [6.45, 7) is 1.68. The number of nitrogens with one attached hydrogen (secondary N) is 1. The lowest BCUT2D eigenvalue weighted by atomic mass is 9.63. The summed E-state index contributed by atoms with van der Waals surface area (Å²) in [4.78, 5) is 14.7. The quantitative estimate of drug-likeness (QED) is 0.871. The Balaban J connectivity index is 1.48. The second kappa shape index (κ2) is 5.87. The number of rotatable bonds is 6. The Hall–Kier alpha value is -1.35. The number of hydrogen-bond donors (Lipinski definition) is 1. The first-order valence-electron chi connectivity index (χ1n) is 9.48. The molecule has 4 unspecified atom stereocenters. The minimum Gasteiger partial charge on any atom is -0.355 e. The highest BCUT2D eigenvalue weighted by Gasteiger charge is 2.64. The second-order valence-corrected chi connectivity index (χ2v) is 8.93. The van der Waals surface area contributed by atoms with Gasteiger partial charge < -0.3 is 10.2 Å². The summed E-state index contributed by atoms with van der Waals surface area (Å²) in [5, 5.41) is 3.15. The number of carbonyl (C=O) groups is 1. The highest BCUT2D eigenvalue weighted by molar-refractivity contribution is 5.77. The SMILES string of the molecule is CN(C)CCNC(=O)CC12CC3CC1CC(c1ccccc1)(C3)C2. The molecule has 24 heavy (non-hydrogen) atoms. The Morgan fingerprint density at radius 2 is 2.00 bits per heavy atom.